The summed E-state index contributed by atoms with van der Waals surface area (Å²) in [4.78, 5) is 0. The van der Waals surface area contributed by atoms with Crippen LogP contribution in [-0.4, -0.2) is 9.78 Å². The van der Waals surface area contributed by atoms with Crippen LogP contribution in [0.15, 0.2) is 54.7 Å². The van der Waals surface area contributed by atoms with E-state index >= 15 is 0 Å². The normalized spacial score (nSPS) is 12.7. The second-order valence-electron chi connectivity index (χ2n) is 4.69. The molecule has 0 fully saturated rings. The van der Waals surface area contributed by atoms with Crippen LogP contribution in [0.5, 0.6) is 0 Å². The zero-order valence-electron chi connectivity index (χ0n) is 11.0. The van der Waals surface area contributed by atoms with Crippen LogP contribution in [0.4, 0.5) is 0 Å². The van der Waals surface area contributed by atoms with Gasteiger partial charge in [0.2, 0.25) is 0 Å². The molecule has 1 atom stereocenters. The van der Waals surface area contributed by atoms with Gasteiger partial charge in [-0.25, -0.2) is 4.68 Å². The smallest absolute Gasteiger partial charge is 0.0741 e. The summed E-state index contributed by atoms with van der Waals surface area (Å²) in [5.41, 5.74) is 9.52. The first-order chi connectivity index (χ1) is 9.31. The predicted molar refractivity (Wildman–Crippen MR) is 78.3 cm³/mol. The van der Waals surface area contributed by atoms with E-state index in [2.05, 4.69) is 36.3 Å². The molecule has 0 amide bonds. The van der Waals surface area contributed by atoms with Gasteiger partial charge in [0.1, 0.15) is 0 Å². The first-order valence-electron chi connectivity index (χ1n) is 6.59. The second kappa shape index (κ2) is 4.86. The van der Waals surface area contributed by atoms with Gasteiger partial charge in [0.25, 0.3) is 0 Å². The van der Waals surface area contributed by atoms with Crippen molar-refractivity contribution in [2.75, 3.05) is 0 Å². The number of para-hydroxylation sites is 2. The van der Waals surface area contributed by atoms with Crippen LogP contribution in [0, 0.1) is 0 Å². The summed E-state index contributed by atoms with van der Waals surface area (Å²) >= 11 is 0. The van der Waals surface area contributed by atoms with Crippen molar-refractivity contribution in [1.82, 2.24) is 9.78 Å². The van der Waals surface area contributed by atoms with Gasteiger partial charge >= 0.3 is 0 Å². The summed E-state index contributed by atoms with van der Waals surface area (Å²) in [7, 11) is 0. The minimum absolute atomic E-state index is 0.0409. The standard InChI is InChI=1S/C16H17N3/c1-2-14(17)13-8-4-6-10-16(13)19-15-9-5-3-7-12(15)11-18-19/h3-11,14H,2,17H2,1H3/t14-/m1/s1. The van der Waals surface area contributed by atoms with Gasteiger partial charge < -0.3 is 5.73 Å². The summed E-state index contributed by atoms with van der Waals surface area (Å²) in [5.74, 6) is 0. The Labute approximate surface area is 112 Å². The Kier molecular flexibility index (Phi) is 3.05. The van der Waals surface area contributed by atoms with E-state index in [1.165, 1.54) is 0 Å². The van der Waals surface area contributed by atoms with Crippen LogP contribution < -0.4 is 5.73 Å². The summed E-state index contributed by atoms with van der Waals surface area (Å²) in [6, 6.07) is 16.5. The maximum atomic E-state index is 6.20. The van der Waals surface area contributed by atoms with E-state index in [9.17, 15) is 0 Å². The third-order valence-electron chi connectivity index (χ3n) is 3.48. The van der Waals surface area contributed by atoms with Crippen molar-refractivity contribution in [3.05, 3.63) is 60.3 Å². The Morgan fingerprint density at radius 2 is 1.84 bits per heavy atom. The van der Waals surface area contributed by atoms with Crippen molar-refractivity contribution < 1.29 is 0 Å². The fraction of sp³-hybridized carbons (Fsp3) is 0.188. The zero-order chi connectivity index (χ0) is 13.2. The molecular formula is C16H17N3. The van der Waals surface area contributed by atoms with E-state index < -0.39 is 0 Å². The van der Waals surface area contributed by atoms with Crippen LogP contribution in [0.3, 0.4) is 0 Å². The van der Waals surface area contributed by atoms with Gasteiger partial charge in [-0.3, -0.25) is 0 Å². The highest BCUT2D eigenvalue weighted by Crippen LogP contribution is 2.25. The van der Waals surface area contributed by atoms with Gasteiger partial charge in [0, 0.05) is 11.4 Å². The number of rotatable bonds is 3. The molecular weight excluding hydrogens is 234 g/mol. The summed E-state index contributed by atoms with van der Waals surface area (Å²) in [5, 5.41) is 5.65. The van der Waals surface area contributed by atoms with Crippen LogP contribution in [0.25, 0.3) is 16.6 Å². The van der Waals surface area contributed by atoms with Gasteiger partial charge in [0.05, 0.1) is 17.4 Å². The molecule has 0 aliphatic carbocycles. The van der Waals surface area contributed by atoms with Crippen LogP contribution in [0.1, 0.15) is 24.9 Å². The summed E-state index contributed by atoms with van der Waals surface area (Å²) in [6.45, 7) is 2.10. The highest BCUT2D eigenvalue weighted by atomic mass is 15.3. The largest absolute Gasteiger partial charge is 0.324 e. The monoisotopic (exact) mass is 251 g/mol. The van der Waals surface area contributed by atoms with Crippen LogP contribution in [-0.2, 0) is 0 Å². The molecule has 1 heterocycles. The first kappa shape index (κ1) is 11.9. The molecule has 0 radical (unpaired) electrons. The van der Waals surface area contributed by atoms with Crippen LogP contribution in [0.2, 0.25) is 0 Å². The SMILES string of the molecule is CC[C@@H](N)c1ccccc1-n1ncc2ccccc21. The van der Waals surface area contributed by atoms with Crippen molar-refractivity contribution in [1.29, 1.82) is 0 Å². The lowest BCUT2D eigenvalue weighted by Crippen LogP contribution is -2.12. The zero-order valence-corrected chi connectivity index (χ0v) is 11.0. The number of hydrogen-bond acceptors (Lipinski definition) is 2. The molecule has 2 aromatic carbocycles. The maximum Gasteiger partial charge on any atom is 0.0741 e. The molecule has 3 aromatic rings. The fourth-order valence-corrected chi connectivity index (χ4v) is 2.38. The minimum Gasteiger partial charge on any atom is -0.324 e. The quantitative estimate of drug-likeness (QED) is 0.775. The lowest BCUT2D eigenvalue weighted by Gasteiger charge is -2.15. The molecule has 96 valence electrons. The molecule has 3 rings (SSSR count). The van der Waals surface area contributed by atoms with Crippen LogP contribution >= 0.6 is 0 Å². The highest BCUT2D eigenvalue weighted by Gasteiger charge is 2.12. The molecule has 0 spiro atoms. The summed E-state index contributed by atoms with van der Waals surface area (Å²) < 4.78 is 1.97. The number of nitrogens with zero attached hydrogens (tertiary/aromatic N) is 2. The van der Waals surface area contributed by atoms with Gasteiger partial charge in [0.15, 0.2) is 0 Å². The molecule has 19 heavy (non-hydrogen) atoms. The molecule has 0 saturated carbocycles. The van der Waals surface area contributed by atoms with Gasteiger partial charge in [-0.1, -0.05) is 43.3 Å². The number of nitrogens with two attached hydrogens (primary N) is 1. The molecule has 0 bridgehead atoms. The first-order valence-corrected chi connectivity index (χ1v) is 6.59. The number of fused-ring (bicyclic) bond motifs is 1. The van der Waals surface area contributed by atoms with E-state index in [0.29, 0.717) is 0 Å². The van der Waals surface area contributed by atoms with E-state index in [0.717, 1.165) is 28.6 Å². The summed E-state index contributed by atoms with van der Waals surface area (Å²) in [6.07, 6.45) is 2.81. The average Bonchev–Trinajstić information content (AvgIpc) is 2.90. The van der Waals surface area contributed by atoms with Crippen molar-refractivity contribution in [2.45, 2.75) is 19.4 Å². The minimum atomic E-state index is 0.0409. The molecule has 3 heteroatoms. The van der Waals surface area contributed by atoms with Crippen molar-refractivity contribution >= 4 is 10.9 Å². The fourth-order valence-electron chi connectivity index (χ4n) is 2.38. The molecule has 0 unspecified atom stereocenters. The Morgan fingerprint density at radius 1 is 1.11 bits per heavy atom. The van der Waals surface area contributed by atoms with Crippen molar-refractivity contribution in [3.8, 4) is 5.69 Å². The van der Waals surface area contributed by atoms with Gasteiger partial charge in [-0.05, 0) is 24.1 Å². The molecule has 2 N–H and O–H groups in total. The van der Waals surface area contributed by atoms with E-state index in [1.54, 1.807) is 0 Å². The second-order valence-corrected chi connectivity index (χ2v) is 4.69. The van der Waals surface area contributed by atoms with E-state index in [4.69, 9.17) is 5.73 Å². The Bertz CT molecular complexity index is 700. The predicted octanol–water partition coefficient (Wildman–Crippen LogP) is 3.44. The molecule has 0 aliphatic heterocycles. The lowest BCUT2D eigenvalue weighted by atomic mass is 10.0. The lowest BCUT2D eigenvalue weighted by molar-refractivity contribution is 0.688. The number of benzene rings is 2. The van der Waals surface area contributed by atoms with Gasteiger partial charge in [-0.15, -0.1) is 0 Å². The van der Waals surface area contributed by atoms with Crippen molar-refractivity contribution in [3.63, 3.8) is 0 Å². The van der Waals surface area contributed by atoms with E-state index in [1.807, 2.05) is 35.1 Å². The third-order valence-corrected chi connectivity index (χ3v) is 3.48. The maximum absolute atomic E-state index is 6.20. The molecule has 1 aromatic heterocycles. The molecule has 0 aliphatic rings. The Balaban J connectivity index is 2.22. The molecule has 3 nitrogen and oxygen atoms in total. The average molecular weight is 251 g/mol. The topological polar surface area (TPSA) is 43.8 Å². The number of hydrogen-bond donors (Lipinski definition) is 1. The Morgan fingerprint density at radius 3 is 2.68 bits per heavy atom. The van der Waals surface area contributed by atoms with Crippen molar-refractivity contribution in [2.24, 2.45) is 5.73 Å². The highest BCUT2D eigenvalue weighted by molar-refractivity contribution is 5.80. The third kappa shape index (κ3) is 2.02. The van der Waals surface area contributed by atoms with E-state index in [-0.39, 0.29) is 6.04 Å². The number of aromatic nitrogens is 2. The van der Waals surface area contributed by atoms with Gasteiger partial charge in [-0.2, -0.15) is 5.10 Å². The molecule has 0 saturated heterocycles. The Hall–Kier alpha value is -2.13.